The van der Waals surface area contributed by atoms with E-state index in [-0.39, 0.29) is 10.8 Å². The predicted molar refractivity (Wildman–Crippen MR) is 134 cm³/mol. The molecule has 0 fully saturated rings. The summed E-state index contributed by atoms with van der Waals surface area (Å²) in [6.45, 7) is 21.0. The predicted octanol–water partition coefficient (Wildman–Crippen LogP) is 8.89. The SMILES string of the molecule is CCCc1ccc2c(c1-c1cc(C(C)(C)C)cc(C(C)(C)C)c1)C=C(C(C)CC)C2. The molecule has 3 rings (SSSR count). The minimum Gasteiger partial charge on any atom is -0.0651 e. The third-order valence-corrected chi connectivity index (χ3v) is 6.86. The van der Waals surface area contributed by atoms with E-state index in [1.807, 2.05) is 0 Å². The maximum Gasteiger partial charge on any atom is -0.00549 e. The van der Waals surface area contributed by atoms with Gasteiger partial charge in [-0.15, -0.1) is 0 Å². The third-order valence-electron chi connectivity index (χ3n) is 6.86. The van der Waals surface area contributed by atoms with E-state index in [0.717, 1.165) is 12.8 Å². The van der Waals surface area contributed by atoms with Gasteiger partial charge in [-0.2, -0.15) is 0 Å². The highest BCUT2D eigenvalue weighted by molar-refractivity contribution is 5.84. The molecule has 0 spiro atoms. The molecule has 1 unspecified atom stereocenters. The summed E-state index contributed by atoms with van der Waals surface area (Å²) in [7, 11) is 0. The lowest BCUT2D eigenvalue weighted by Gasteiger charge is -2.27. The Morgan fingerprint density at radius 1 is 0.867 bits per heavy atom. The molecule has 0 heterocycles. The van der Waals surface area contributed by atoms with Crippen LogP contribution in [0.3, 0.4) is 0 Å². The van der Waals surface area contributed by atoms with Gasteiger partial charge in [0.25, 0.3) is 0 Å². The fourth-order valence-electron chi connectivity index (χ4n) is 4.52. The number of hydrogen-bond donors (Lipinski definition) is 0. The Labute approximate surface area is 185 Å². The van der Waals surface area contributed by atoms with E-state index in [9.17, 15) is 0 Å². The number of aryl methyl sites for hydroxylation is 1. The van der Waals surface area contributed by atoms with Crippen molar-refractivity contribution in [1.82, 2.24) is 0 Å². The molecule has 0 N–H and O–H groups in total. The van der Waals surface area contributed by atoms with E-state index in [1.54, 1.807) is 5.57 Å². The van der Waals surface area contributed by atoms with Crippen molar-refractivity contribution < 1.29 is 0 Å². The minimum absolute atomic E-state index is 0.136. The summed E-state index contributed by atoms with van der Waals surface area (Å²) < 4.78 is 0. The van der Waals surface area contributed by atoms with Crippen molar-refractivity contribution in [2.45, 2.75) is 98.8 Å². The molecular formula is C30H42. The highest BCUT2D eigenvalue weighted by atomic mass is 14.3. The number of allylic oxidation sites excluding steroid dienone is 1. The van der Waals surface area contributed by atoms with Gasteiger partial charge in [-0.3, -0.25) is 0 Å². The normalized spacial score (nSPS) is 15.2. The lowest BCUT2D eigenvalue weighted by atomic mass is 9.78. The number of benzene rings is 2. The van der Waals surface area contributed by atoms with Crippen LogP contribution in [-0.2, 0) is 23.7 Å². The zero-order valence-electron chi connectivity index (χ0n) is 20.9. The molecular weight excluding hydrogens is 360 g/mol. The molecule has 0 saturated heterocycles. The molecule has 0 heteroatoms. The summed E-state index contributed by atoms with van der Waals surface area (Å²) in [5, 5.41) is 0. The standard InChI is InChI=1S/C30H42/c1-10-12-21-13-14-22-15-23(20(3)11-2)18-27(22)28(21)24-16-25(29(4,5)6)19-26(17-24)30(7,8)9/h13-14,16-20H,10-12,15H2,1-9H3. The van der Waals surface area contributed by atoms with E-state index in [1.165, 1.54) is 51.8 Å². The van der Waals surface area contributed by atoms with E-state index >= 15 is 0 Å². The van der Waals surface area contributed by atoms with Gasteiger partial charge in [0.1, 0.15) is 0 Å². The van der Waals surface area contributed by atoms with E-state index in [2.05, 4.69) is 98.7 Å². The largest absolute Gasteiger partial charge is 0.0651 e. The van der Waals surface area contributed by atoms with Gasteiger partial charge in [-0.25, -0.2) is 0 Å². The molecule has 0 radical (unpaired) electrons. The Kier molecular flexibility index (Phi) is 6.38. The Morgan fingerprint density at radius 3 is 1.97 bits per heavy atom. The second kappa shape index (κ2) is 8.37. The maximum absolute atomic E-state index is 2.53. The Bertz CT molecular complexity index is 909. The molecule has 1 aliphatic carbocycles. The Balaban J connectivity index is 2.30. The number of rotatable bonds is 5. The lowest BCUT2D eigenvalue weighted by molar-refractivity contribution is 0.569. The van der Waals surface area contributed by atoms with Crippen molar-refractivity contribution in [2.24, 2.45) is 5.92 Å². The molecule has 2 aromatic rings. The van der Waals surface area contributed by atoms with E-state index in [0.29, 0.717) is 5.92 Å². The van der Waals surface area contributed by atoms with Gasteiger partial charge >= 0.3 is 0 Å². The first-order valence-electron chi connectivity index (χ1n) is 12.0. The molecule has 162 valence electrons. The second-order valence-corrected chi connectivity index (χ2v) is 11.4. The van der Waals surface area contributed by atoms with Crippen LogP contribution in [0.5, 0.6) is 0 Å². The summed E-state index contributed by atoms with van der Waals surface area (Å²) in [4.78, 5) is 0. The molecule has 30 heavy (non-hydrogen) atoms. The first-order chi connectivity index (χ1) is 14.0. The summed E-state index contributed by atoms with van der Waals surface area (Å²) in [5.41, 5.74) is 12.2. The van der Waals surface area contributed by atoms with Gasteiger partial charge in [0, 0.05) is 0 Å². The fourth-order valence-corrected chi connectivity index (χ4v) is 4.52. The molecule has 1 atom stereocenters. The highest BCUT2D eigenvalue weighted by Crippen LogP contribution is 2.42. The van der Waals surface area contributed by atoms with Crippen LogP contribution in [0.25, 0.3) is 17.2 Å². The second-order valence-electron chi connectivity index (χ2n) is 11.4. The maximum atomic E-state index is 2.53. The van der Waals surface area contributed by atoms with E-state index in [4.69, 9.17) is 0 Å². The van der Waals surface area contributed by atoms with Crippen molar-refractivity contribution in [3.63, 3.8) is 0 Å². The van der Waals surface area contributed by atoms with Crippen molar-refractivity contribution in [2.75, 3.05) is 0 Å². The molecule has 0 aromatic heterocycles. The van der Waals surface area contributed by atoms with Crippen molar-refractivity contribution >= 4 is 6.08 Å². The molecule has 0 saturated carbocycles. The van der Waals surface area contributed by atoms with Crippen LogP contribution in [0.4, 0.5) is 0 Å². The number of hydrogen-bond acceptors (Lipinski definition) is 0. The van der Waals surface area contributed by atoms with Crippen LogP contribution in [-0.4, -0.2) is 0 Å². The summed E-state index contributed by atoms with van der Waals surface area (Å²) in [6, 6.07) is 12.2. The topological polar surface area (TPSA) is 0 Å². The molecule has 1 aliphatic rings. The van der Waals surface area contributed by atoms with Crippen LogP contribution in [0, 0.1) is 5.92 Å². The van der Waals surface area contributed by atoms with Crippen molar-refractivity contribution in [3.05, 3.63) is 63.7 Å². The molecule has 0 aliphatic heterocycles. The van der Waals surface area contributed by atoms with Crippen LogP contribution in [0.1, 0.15) is 103 Å². The smallest absolute Gasteiger partial charge is 0.00549 e. The minimum atomic E-state index is 0.136. The highest BCUT2D eigenvalue weighted by Gasteiger charge is 2.25. The first-order valence-corrected chi connectivity index (χ1v) is 12.0. The molecule has 0 bridgehead atoms. The zero-order valence-corrected chi connectivity index (χ0v) is 20.9. The van der Waals surface area contributed by atoms with Crippen molar-refractivity contribution in [1.29, 1.82) is 0 Å². The first kappa shape index (κ1) is 22.9. The average Bonchev–Trinajstić information content (AvgIpc) is 3.10. The zero-order chi connectivity index (χ0) is 22.3. The lowest BCUT2D eigenvalue weighted by Crippen LogP contribution is -2.16. The molecule has 0 amide bonds. The number of fused-ring (bicyclic) bond motifs is 1. The van der Waals surface area contributed by atoms with Crippen molar-refractivity contribution in [3.8, 4) is 11.1 Å². The van der Waals surface area contributed by atoms with Gasteiger partial charge in [0.05, 0.1) is 0 Å². The summed E-state index contributed by atoms with van der Waals surface area (Å²) in [6.07, 6.45) is 7.18. The third kappa shape index (κ3) is 4.58. The van der Waals surface area contributed by atoms with Gasteiger partial charge in [0.2, 0.25) is 0 Å². The fraction of sp³-hybridized carbons (Fsp3) is 0.533. The van der Waals surface area contributed by atoms with Gasteiger partial charge in [0.15, 0.2) is 0 Å². The summed E-state index contributed by atoms with van der Waals surface area (Å²) >= 11 is 0. The molecule has 0 nitrogen and oxygen atoms in total. The monoisotopic (exact) mass is 402 g/mol. The Hall–Kier alpha value is -1.82. The van der Waals surface area contributed by atoms with E-state index < -0.39 is 0 Å². The average molecular weight is 403 g/mol. The van der Waals surface area contributed by atoms with Crippen LogP contribution >= 0.6 is 0 Å². The Morgan fingerprint density at radius 2 is 1.47 bits per heavy atom. The molecule has 2 aromatic carbocycles. The van der Waals surface area contributed by atoms with Gasteiger partial charge in [-0.05, 0) is 75.0 Å². The summed E-state index contributed by atoms with van der Waals surface area (Å²) in [5.74, 6) is 0.658. The van der Waals surface area contributed by atoms with Crippen LogP contribution in [0.15, 0.2) is 35.9 Å². The van der Waals surface area contributed by atoms with Gasteiger partial charge < -0.3 is 0 Å². The van der Waals surface area contributed by atoms with Crippen LogP contribution in [0.2, 0.25) is 0 Å². The van der Waals surface area contributed by atoms with Crippen LogP contribution < -0.4 is 0 Å². The quantitative estimate of drug-likeness (QED) is 0.468. The van der Waals surface area contributed by atoms with Gasteiger partial charge in [-0.1, -0.05) is 111 Å².